The summed E-state index contributed by atoms with van der Waals surface area (Å²) in [7, 11) is 0. The summed E-state index contributed by atoms with van der Waals surface area (Å²) in [6, 6.07) is 24.6. The van der Waals surface area contributed by atoms with Crippen molar-refractivity contribution in [2.24, 2.45) is 0 Å². The van der Waals surface area contributed by atoms with E-state index >= 15 is 0 Å². The van der Waals surface area contributed by atoms with Crippen molar-refractivity contribution in [3.63, 3.8) is 0 Å². The van der Waals surface area contributed by atoms with Gasteiger partial charge in [0.1, 0.15) is 11.5 Å². The lowest BCUT2D eigenvalue weighted by Gasteiger charge is -2.03. The molecule has 0 aliphatic carbocycles. The predicted octanol–water partition coefficient (Wildman–Crippen LogP) is 6.88. The van der Waals surface area contributed by atoms with E-state index in [1.54, 1.807) is 12.5 Å². The average molecular weight is 338 g/mol. The first-order chi connectivity index (χ1) is 12.9. The summed E-state index contributed by atoms with van der Waals surface area (Å²) in [4.78, 5) is 0. The smallest absolute Gasteiger partial charge is 0.126 e. The van der Waals surface area contributed by atoms with Crippen LogP contribution in [-0.2, 0) is 0 Å². The van der Waals surface area contributed by atoms with Gasteiger partial charge in [-0.3, -0.25) is 0 Å². The molecule has 0 amide bonds. The lowest BCUT2D eigenvalue weighted by Crippen LogP contribution is -1.79. The van der Waals surface area contributed by atoms with Crippen molar-refractivity contribution in [1.82, 2.24) is 0 Å². The molecule has 2 nitrogen and oxygen atoms in total. The molecule has 0 aliphatic rings. The van der Waals surface area contributed by atoms with Gasteiger partial charge < -0.3 is 8.83 Å². The molecule has 2 heteroatoms. The van der Waals surface area contributed by atoms with Gasteiger partial charge in [-0.2, -0.15) is 0 Å². The summed E-state index contributed by atoms with van der Waals surface area (Å²) in [5, 5.41) is 0. The minimum absolute atomic E-state index is 0.854. The van der Waals surface area contributed by atoms with Crippen LogP contribution in [-0.4, -0.2) is 0 Å². The molecule has 0 bridgehead atoms. The van der Waals surface area contributed by atoms with Crippen LogP contribution in [0.15, 0.2) is 94.2 Å². The Labute approximate surface area is 152 Å². The summed E-state index contributed by atoms with van der Waals surface area (Å²) >= 11 is 0. The van der Waals surface area contributed by atoms with Crippen LogP contribution >= 0.6 is 0 Å². The second-order valence-corrected chi connectivity index (χ2v) is 5.94. The maximum Gasteiger partial charge on any atom is 0.126 e. The molecule has 0 saturated heterocycles. The quantitative estimate of drug-likeness (QED) is 0.396. The van der Waals surface area contributed by atoms with Gasteiger partial charge in [0.05, 0.1) is 12.5 Å². The molecule has 0 unspecified atom stereocenters. The van der Waals surface area contributed by atoms with Crippen molar-refractivity contribution in [3.05, 3.63) is 108 Å². The molecule has 26 heavy (non-hydrogen) atoms. The third-order valence-electron chi connectivity index (χ3n) is 4.12. The molecule has 4 aromatic rings. The molecular formula is C24H18O2. The van der Waals surface area contributed by atoms with E-state index in [0.29, 0.717) is 0 Å². The fourth-order valence-electron chi connectivity index (χ4n) is 2.70. The van der Waals surface area contributed by atoms with Crippen molar-refractivity contribution in [3.8, 4) is 11.1 Å². The van der Waals surface area contributed by atoms with Crippen LogP contribution in [0.2, 0.25) is 0 Å². The molecule has 0 radical (unpaired) electrons. The van der Waals surface area contributed by atoms with E-state index in [2.05, 4.69) is 48.5 Å². The normalized spacial score (nSPS) is 11.5. The van der Waals surface area contributed by atoms with Crippen LogP contribution in [0.3, 0.4) is 0 Å². The molecule has 2 aromatic carbocycles. The first kappa shape index (κ1) is 16.0. The van der Waals surface area contributed by atoms with E-state index in [-0.39, 0.29) is 0 Å². The van der Waals surface area contributed by atoms with Crippen LogP contribution in [0.1, 0.15) is 22.6 Å². The third kappa shape index (κ3) is 3.93. The monoisotopic (exact) mass is 338 g/mol. The molecule has 0 atom stereocenters. The highest BCUT2D eigenvalue weighted by Gasteiger charge is 1.98. The van der Waals surface area contributed by atoms with E-state index in [0.717, 1.165) is 22.6 Å². The molecular weight excluding hydrogens is 320 g/mol. The minimum Gasteiger partial charge on any atom is -0.465 e. The molecule has 2 heterocycles. The maximum absolute atomic E-state index is 5.30. The fourth-order valence-corrected chi connectivity index (χ4v) is 2.70. The van der Waals surface area contributed by atoms with Crippen LogP contribution in [0.5, 0.6) is 0 Å². The summed E-state index contributed by atoms with van der Waals surface area (Å²) in [6.07, 6.45) is 11.4. The summed E-state index contributed by atoms with van der Waals surface area (Å²) < 4.78 is 10.6. The van der Waals surface area contributed by atoms with Gasteiger partial charge in [-0.15, -0.1) is 0 Å². The zero-order chi connectivity index (χ0) is 17.6. The molecule has 126 valence electrons. The molecule has 0 saturated carbocycles. The number of furan rings is 2. The zero-order valence-corrected chi connectivity index (χ0v) is 14.2. The number of hydrogen-bond donors (Lipinski definition) is 0. The average Bonchev–Trinajstić information content (AvgIpc) is 3.40. The Hall–Kier alpha value is -3.52. The zero-order valence-electron chi connectivity index (χ0n) is 14.2. The topological polar surface area (TPSA) is 26.3 Å². The highest BCUT2D eigenvalue weighted by molar-refractivity contribution is 5.73. The maximum atomic E-state index is 5.30. The Morgan fingerprint density at radius 3 is 1.23 bits per heavy atom. The van der Waals surface area contributed by atoms with Crippen molar-refractivity contribution in [2.75, 3.05) is 0 Å². The summed E-state index contributed by atoms with van der Waals surface area (Å²) in [5.74, 6) is 1.71. The van der Waals surface area contributed by atoms with Gasteiger partial charge >= 0.3 is 0 Å². The first-order valence-corrected chi connectivity index (χ1v) is 8.50. The lowest BCUT2D eigenvalue weighted by atomic mass is 10.0. The summed E-state index contributed by atoms with van der Waals surface area (Å²) in [6.45, 7) is 0. The van der Waals surface area contributed by atoms with Crippen molar-refractivity contribution in [2.45, 2.75) is 0 Å². The van der Waals surface area contributed by atoms with Crippen LogP contribution < -0.4 is 0 Å². The minimum atomic E-state index is 0.854. The summed E-state index contributed by atoms with van der Waals surface area (Å²) in [5.41, 5.74) is 4.68. The molecule has 2 aromatic heterocycles. The Morgan fingerprint density at radius 1 is 0.462 bits per heavy atom. The van der Waals surface area contributed by atoms with E-state index in [1.807, 2.05) is 48.6 Å². The van der Waals surface area contributed by atoms with Gasteiger partial charge in [-0.25, -0.2) is 0 Å². The second-order valence-electron chi connectivity index (χ2n) is 5.94. The van der Waals surface area contributed by atoms with Gasteiger partial charge in [0.25, 0.3) is 0 Å². The molecule has 4 rings (SSSR count). The lowest BCUT2D eigenvalue weighted by molar-refractivity contribution is 0.557. The highest BCUT2D eigenvalue weighted by Crippen LogP contribution is 2.22. The Morgan fingerprint density at radius 2 is 0.885 bits per heavy atom. The van der Waals surface area contributed by atoms with E-state index < -0.39 is 0 Å². The van der Waals surface area contributed by atoms with Gasteiger partial charge in [0.15, 0.2) is 0 Å². The highest BCUT2D eigenvalue weighted by atomic mass is 16.3. The Bertz CT molecular complexity index is 900. The number of rotatable bonds is 5. The van der Waals surface area contributed by atoms with Gasteiger partial charge in [-0.1, -0.05) is 60.7 Å². The van der Waals surface area contributed by atoms with E-state index in [1.165, 1.54) is 11.1 Å². The van der Waals surface area contributed by atoms with Crippen LogP contribution in [0, 0.1) is 0 Å². The number of benzene rings is 2. The fraction of sp³-hybridized carbons (Fsp3) is 0. The van der Waals surface area contributed by atoms with Crippen molar-refractivity contribution in [1.29, 1.82) is 0 Å². The van der Waals surface area contributed by atoms with Gasteiger partial charge in [0.2, 0.25) is 0 Å². The molecule has 0 spiro atoms. The largest absolute Gasteiger partial charge is 0.465 e. The molecule has 0 fully saturated rings. The standard InChI is InChI=1S/C24H18O2/c1-3-23(25-17-1)15-9-19-5-11-21(12-6-19)22-13-7-20(8-14-22)10-16-24-4-2-18-26-24/h1-18H/b15-9+,16-10+. The Balaban J connectivity index is 1.45. The second kappa shape index (κ2) is 7.58. The van der Waals surface area contributed by atoms with E-state index in [9.17, 15) is 0 Å². The van der Waals surface area contributed by atoms with E-state index in [4.69, 9.17) is 8.83 Å². The number of hydrogen-bond acceptors (Lipinski definition) is 2. The third-order valence-corrected chi connectivity index (χ3v) is 4.12. The SMILES string of the molecule is C(=C\c1ccco1)/c1ccc(-c2ccc(/C=C/c3ccco3)cc2)cc1. The Kier molecular flexibility index (Phi) is 4.66. The van der Waals surface area contributed by atoms with Crippen LogP contribution in [0.4, 0.5) is 0 Å². The van der Waals surface area contributed by atoms with Gasteiger partial charge in [-0.05, 0) is 58.7 Å². The van der Waals surface area contributed by atoms with Gasteiger partial charge in [0, 0.05) is 0 Å². The molecule has 0 N–H and O–H groups in total. The first-order valence-electron chi connectivity index (χ1n) is 8.50. The van der Waals surface area contributed by atoms with Crippen LogP contribution in [0.25, 0.3) is 35.4 Å². The predicted molar refractivity (Wildman–Crippen MR) is 107 cm³/mol. The molecule has 0 aliphatic heterocycles. The van der Waals surface area contributed by atoms with Crippen molar-refractivity contribution >= 4 is 24.3 Å². The van der Waals surface area contributed by atoms with Crippen molar-refractivity contribution < 1.29 is 8.83 Å².